The summed E-state index contributed by atoms with van der Waals surface area (Å²) in [5, 5.41) is 0. The Balaban J connectivity index is 2.10. The van der Waals surface area contributed by atoms with Crippen molar-refractivity contribution in [3.8, 4) is 18.1 Å². The lowest BCUT2D eigenvalue weighted by Gasteiger charge is -2.05. The van der Waals surface area contributed by atoms with Gasteiger partial charge in [-0.15, -0.1) is 12.3 Å². The van der Waals surface area contributed by atoms with Gasteiger partial charge in [0.1, 0.15) is 5.75 Å². The van der Waals surface area contributed by atoms with Gasteiger partial charge in [-0.05, 0) is 38.3 Å². The molecule has 0 aliphatic rings. The first-order valence-corrected chi connectivity index (χ1v) is 5.46. The molecule has 80 valence electrons. The van der Waals surface area contributed by atoms with Gasteiger partial charge >= 0.3 is 0 Å². The average molecular weight is 202 g/mol. The number of rotatable bonds is 6. The molecule has 1 aromatic carbocycles. The van der Waals surface area contributed by atoms with Crippen molar-refractivity contribution in [2.45, 2.75) is 32.6 Å². The van der Waals surface area contributed by atoms with Crippen molar-refractivity contribution in [2.24, 2.45) is 0 Å². The molecule has 0 saturated carbocycles. The van der Waals surface area contributed by atoms with Crippen LogP contribution in [0.3, 0.4) is 0 Å². The van der Waals surface area contributed by atoms with Gasteiger partial charge in [-0.25, -0.2) is 0 Å². The van der Waals surface area contributed by atoms with Crippen molar-refractivity contribution >= 4 is 0 Å². The van der Waals surface area contributed by atoms with E-state index in [-0.39, 0.29) is 0 Å². The van der Waals surface area contributed by atoms with E-state index in [2.05, 4.69) is 25.0 Å². The quantitative estimate of drug-likeness (QED) is 0.506. The molecule has 1 heteroatoms. The SMILES string of the molecule is C#CCCCCCOc1ccc(C)cc1. The van der Waals surface area contributed by atoms with Crippen LogP contribution in [-0.4, -0.2) is 6.61 Å². The van der Waals surface area contributed by atoms with E-state index in [4.69, 9.17) is 11.2 Å². The fourth-order valence-electron chi connectivity index (χ4n) is 1.33. The molecule has 0 unspecified atom stereocenters. The van der Waals surface area contributed by atoms with Crippen molar-refractivity contribution < 1.29 is 4.74 Å². The molecule has 0 atom stereocenters. The molecule has 0 spiro atoms. The number of aryl methyl sites for hydroxylation is 1. The van der Waals surface area contributed by atoms with E-state index >= 15 is 0 Å². The number of unbranched alkanes of at least 4 members (excludes halogenated alkanes) is 3. The molecule has 0 N–H and O–H groups in total. The molecule has 0 aliphatic heterocycles. The summed E-state index contributed by atoms with van der Waals surface area (Å²) >= 11 is 0. The van der Waals surface area contributed by atoms with Crippen LogP contribution >= 0.6 is 0 Å². The monoisotopic (exact) mass is 202 g/mol. The number of ether oxygens (including phenoxy) is 1. The number of hydrogen-bond acceptors (Lipinski definition) is 1. The van der Waals surface area contributed by atoms with Crippen molar-refractivity contribution in [3.63, 3.8) is 0 Å². The average Bonchev–Trinajstić information content (AvgIpc) is 2.26. The maximum Gasteiger partial charge on any atom is 0.119 e. The normalized spacial score (nSPS) is 9.60. The molecule has 0 fully saturated rings. The van der Waals surface area contributed by atoms with Gasteiger partial charge in [0.05, 0.1) is 6.61 Å². The number of benzene rings is 1. The van der Waals surface area contributed by atoms with Crippen LogP contribution in [0.25, 0.3) is 0 Å². The van der Waals surface area contributed by atoms with Crippen LogP contribution < -0.4 is 4.74 Å². The Labute approximate surface area is 92.5 Å². The fraction of sp³-hybridized carbons (Fsp3) is 0.429. The Morgan fingerprint density at radius 1 is 1.13 bits per heavy atom. The molecule has 0 heterocycles. The van der Waals surface area contributed by atoms with Crippen LogP contribution in [0.4, 0.5) is 0 Å². The molecule has 15 heavy (non-hydrogen) atoms. The Kier molecular flexibility index (Phi) is 5.40. The van der Waals surface area contributed by atoms with Gasteiger partial charge in [0.2, 0.25) is 0 Å². The summed E-state index contributed by atoms with van der Waals surface area (Å²) in [6.07, 6.45) is 9.38. The van der Waals surface area contributed by atoms with E-state index in [0.717, 1.165) is 38.0 Å². The van der Waals surface area contributed by atoms with Gasteiger partial charge in [0.15, 0.2) is 0 Å². The Morgan fingerprint density at radius 3 is 2.53 bits per heavy atom. The van der Waals surface area contributed by atoms with Crippen LogP contribution in [0.1, 0.15) is 31.2 Å². The van der Waals surface area contributed by atoms with Crippen LogP contribution in [0.5, 0.6) is 5.75 Å². The second-order valence-electron chi connectivity index (χ2n) is 3.68. The van der Waals surface area contributed by atoms with Gasteiger partial charge in [-0.3, -0.25) is 0 Å². The molecule has 1 aromatic rings. The zero-order chi connectivity index (χ0) is 10.9. The predicted octanol–water partition coefficient (Wildman–Crippen LogP) is 3.57. The smallest absolute Gasteiger partial charge is 0.119 e. The minimum atomic E-state index is 0.785. The van der Waals surface area contributed by atoms with Crippen molar-refractivity contribution in [3.05, 3.63) is 29.8 Å². The van der Waals surface area contributed by atoms with E-state index in [9.17, 15) is 0 Å². The molecule has 0 aliphatic carbocycles. The molecule has 0 amide bonds. The third-order valence-corrected chi connectivity index (χ3v) is 2.26. The molecule has 0 aromatic heterocycles. The second kappa shape index (κ2) is 6.95. The van der Waals surface area contributed by atoms with Crippen molar-refractivity contribution in [1.82, 2.24) is 0 Å². The van der Waals surface area contributed by atoms with E-state index < -0.39 is 0 Å². The maximum absolute atomic E-state index is 5.59. The largest absolute Gasteiger partial charge is 0.494 e. The van der Waals surface area contributed by atoms with Crippen molar-refractivity contribution in [1.29, 1.82) is 0 Å². The van der Waals surface area contributed by atoms with E-state index in [1.807, 2.05) is 12.1 Å². The molecular formula is C14H18O. The summed E-state index contributed by atoms with van der Waals surface area (Å²) in [7, 11) is 0. The Bertz CT molecular complexity index is 305. The van der Waals surface area contributed by atoms with Crippen molar-refractivity contribution in [2.75, 3.05) is 6.61 Å². The van der Waals surface area contributed by atoms with E-state index in [1.54, 1.807) is 0 Å². The Morgan fingerprint density at radius 2 is 1.87 bits per heavy atom. The lowest BCUT2D eigenvalue weighted by atomic mass is 10.2. The zero-order valence-corrected chi connectivity index (χ0v) is 9.33. The van der Waals surface area contributed by atoms with E-state index in [0.29, 0.717) is 0 Å². The molecule has 0 radical (unpaired) electrons. The Hall–Kier alpha value is -1.42. The first kappa shape index (κ1) is 11.7. The summed E-state index contributed by atoms with van der Waals surface area (Å²) in [6.45, 7) is 2.86. The summed E-state index contributed by atoms with van der Waals surface area (Å²) in [4.78, 5) is 0. The van der Waals surface area contributed by atoms with Gasteiger partial charge in [-0.1, -0.05) is 17.7 Å². The number of hydrogen-bond donors (Lipinski definition) is 0. The fourth-order valence-corrected chi connectivity index (χ4v) is 1.33. The first-order chi connectivity index (χ1) is 7.33. The molecule has 1 nitrogen and oxygen atoms in total. The highest BCUT2D eigenvalue weighted by atomic mass is 16.5. The highest BCUT2D eigenvalue weighted by Gasteiger charge is 1.93. The van der Waals surface area contributed by atoms with Crippen LogP contribution in [0, 0.1) is 19.3 Å². The van der Waals surface area contributed by atoms with Crippen LogP contribution in [0.15, 0.2) is 24.3 Å². The molecule has 1 rings (SSSR count). The minimum Gasteiger partial charge on any atom is -0.494 e. The second-order valence-corrected chi connectivity index (χ2v) is 3.68. The summed E-state index contributed by atoms with van der Waals surface area (Å²) in [5.74, 6) is 3.60. The summed E-state index contributed by atoms with van der Waals surface area (Å²) < 4.78 is 5.59. The van der Waals surface area contributed by atoms with E-state index in [1.165, 1.54) is 5.56 Å². The minimum absolute atomic E-state index is 0.785. The number of terminal acetylenes is 1. The first-order valence-electron chi connectivity index (χ1n) is 5.46. The third kappa shape index (κ3) is 5.12. The highest BCUT2D eigenvalue weighted by molar-refractivity contribution is 5.26. The third-order valence-electron chi connectivity index (χ3n) is 2.26. The predicted molar refractivity (Wildman–Crippen MR) is 64.0 cm³/mol. The van der Waals surface area contributed by atoms with Gasteiger partial charge in [-0.2, -0.15) is 0 Å². The highest BCUT2D eigenvalue weighted by Crippen LogP contribution is 2.12. The van der Waals surface area contributed by atoms with Crippen LogP contribution in [-0.2, 0) is 0 Å². The maximum atomic E-state index is 5.59. The van der Waals surface area contributed by atoms with Gasteiger partial charge in [0, 0.05) is 6.42 Å². The summed E-state index contributed by atoms with van der Waals surface area (Å²) in [5.41, 5.74) is 1.26. The molecule has 0 saturated heterocycles. The lowest BCUT2D eigenvalue weighted by Crippen LogP contribution is -1.96. The summed E-state index contributed by atoms with van der Waals surface area (Å²) in [6, 6.07) is 8.15. The standard InChI is InChI=1S/C14H18O/c1-3-4-5-6-7-12-15-14-10-8-13(2)9-11-14/h1,8-11H,4-7,12H2,2H3. The van der Waals surface area contributed by atoms with Gasteiger partial charge in [0.25, 0.3) is 0 Å². The van der Waals surface area contributed by atoms with Crippen LogP contribution in [0.2, 0.25) is 0 Å². The topological polar surface area (TPSA) is 9.23 Å². The van der Waals surface area contributed by atoms with Gasteiger partial charge < -0.3 is 4.74 Å². The molecule has 0 bridgehead atoms. The lowest BCUT2D eigenvalue weighted by molar-refractivity contribution is 0.305. The zero-order valence-electron chi connectivity index (χ0n) is 9.33. The molecular weight excluding hydrogens is 184 g/mol.